The van der Waals surface area contributed by atoms with Crippen LogP contribution in [0.25, 0.3) is 0 Å². The van der Waals surface area contributed by atoms with E-state index in [-0.39, 0.29) is 28.2 Å². The number of hydrogen-bond donors (Lipinski definition) is 0. The maximum atomic E-state index is 12.2. The second-order valence-corrected chi connectivity index (χ2v) is 8.33. The lowest BCUT2D eigenvalue weighted by atomic mass is 9.87. The van der Waals surface area contributed by atoms with E-state index in [2.05, 4.69) is 41.5 Å². The van der Waals surface area contributed by atoms with E-state index < -0.39 is 11.9 Å². The predicted molar refractivity (Wildman–Crippen MR) is 110 cm³/mol. The molecule has 0 fully saturated rings. The van der Waals surface area contributed by atoms with Gasteiger partial charge in [0.25, 0.3) is 0 Å². The second-order valence-electron chi connectivity index (χ2n) is 8.33. The lowest BCUT2D eigenvalue weighted by Gasteiger charge is -2.19. The molecule has 4 heteroatoms. The van der Waals surface area contributed by atoms with Crippen molar-refractivity contribution in [1.82, 2.24) is 0 Å². The van der Waals surface area contributed by atoms with Gasteiger partial charge in [-0.2, -0.15) is 0 Å². The smallest absolute Gasteiger partial charge is 0.346 e. The highest BCUT2D eigenvalue weighted by atomic mass is 27.0. The fourth-order valence-corrected chi connectivity index (χ4v) is 2.41. The van der Waals surface area contributed by atoms with Crippen LogP contribution in [0.4, 0.5) is 0 Å². The predicted octanol–water partition coefficient (Wildman–Crippen LogP) is 4.09. The Bertz CT molecular complexity index is 694. The highest BCUT2D eigenvalue weighted by Gasteiger charge is 2.19. The first kappa shape index (κ1) is 22.2. The third kappa shape index (κ3) is 5.56. The van der Waals surface area contributed by atoms with E-state index in [9.17, 15) is 9.59 Å². The van der Waals surface area contributed by atoms with Crippen LogP contribution in [-0.2, 0) is 15.6 Å². The van der Waals surface area contributed by atoms with Crippen LogP contribution >= 0.6 is 0 Å². The SMILES string of the molecule is CC(C)(C)c1ccc(C(=O)OC(=O)c2ccc(C(C)(C)C)cc2)cc1.[AlH3]. The molecule has 0 aliphatic rings. The van der Waals surface area contributed by atoms with Gasteiger partial charge in [-0.1, -0.05) is 65.8 Å². The van der Waals surface area contributed by atoms with Crippen molar-refractivity contribution >= 4 is 29.3 Å². The number of carbonyl (C=O) groups excluding carboxylic acids is 2. The molecule has 2 aromatic carbocycles. The van der Waals surface area contributed by atoms with Gasteiger partial charge in [0.2, 0.25) is 0 Å². The van der Waals surface area contributed by atoms with Crippen molar-refractivity contribution in [2.24, 2.45) is 0 Å². The van der Waals surface area contributed by atoms with Gasteiger partial charge in [-0.05, 0) is 46.2 Å². The molecule has 0 saturated heterocycles. The zero-order chi connectivity index (χ0) is 18.8. The summed E-state index contributed by atoms with van der Waals surface area (Å²) in [5.41, 5.74) is 2.99. The topological polar surface area (TPSA) is 43.4 Å². The van der Waals surface area contributed by atoms with E-state index in [1.165, 1.54) is 0 Å². The number of esters is 2. The van der Waals surface area contributed by atoms with E-state index in [1.807, 2.05) is 24.3 Å². The summed E-state index contributed by atoms with van der Waals surface area (Å²) in [5.74, 6) is -1.27. The Morgan fingerprint density at radius 2 is 0.885 bits per heavy atom. The normalized spacial score (nSPS) is 11.5. The summed E-state index contributed by atoms with van der Waals surface area (Å²) in [7, 11) is 0. The molecule has 2 rings (SSSR count). The van der Waals surface area contributed by atoms with Crippen molar-refractivity contribution in [2.45, 2.75) is 52.4 Å². The highest BCUT2D eigenvalue weighted by Crippen LogP contribution is 2.23. The van der Waals surface area contributed by atoms with Crippen LogP contribution in [0.5, 0.6) is 0 Å². The first-order valence-corrected chi connectivity index (χ1v) is 8.46. The molecule has 0 spiro atoms. The molecule has 0 heterocycles. The average molecular weight is 368 g/mol. The van der Waals surface area contributed by atoms with Gasteiger partial charge < -0.3 is 4.74 Å². The van der Waals surface area contributed by atoms with Crippen LogP contribution < -0.4 is 0 Å². The maximum Gasteiger partial charge on any atom is 0.346 e. The number of carbonyl (C=O) groups is 2. The van der Waals surface area contributed by atoms with Gasteiger partial charge in [0.1, 0.15) is 0 Å². The van der Waals surface area contributed by atoms with E-state index in [4.69, 9.17) is 4.74 Å². The summed E-state index contributed by atoms with van der Waals surface area (Å²) in [6.07, 6.45) is 0. The molecule has 0 saturated carbocycles. The summed E-state index contributed by atoms with van der Waals surface area (Å²) in [6.45, 7) is 12.6. The summed E-state index contributed by atoms with van der Waals surface area (Å²) in [6, 6.07) is 14.3. The molecular weight excluding hydrogens is 339 g/mol. The van der Waals surface area contributed by atoms with Crippen molar-refractivity contribution in [1.29, 1.82) is 0 Å². The Hall–Kier alpha value is -1.89. The minimum absolute atomic E-state index is 0. The van der Waals surface area contributed by atoms with Gasteiger partial charge in [-0.25, -0.2) is 9.59 Å². The summed E-state index contributed by atoms with van der Waals surface area (Å²) in [4.78, 5) is 24.3. The summed E-state index contributed by atoms with van der Waals surface area (Å²) < 4.78 is 5.00. The molecule has 0 aliphatic heterocycles. The number of rotatable bonds is 2. The Kier molecular flexibility index (Phi) is 6.99. The van der Waals surface area contributed by atoms with Crippen LogP contribution in [0.2, 0.25) is 0 Å². The fraction of sp³-hybridized carbons (Fsp3) is 0.364. The van der Waals surface area contributed by atoms with E-state index >= 15 is 0 Å². The molecule has 2 aromatic rings. The Balaban J connectivity index is 0.00000338. The molecule has 0 unspecified atom stereocenters. The van der Waals surface area contributed by atoms with Gasteiger partial charge in [0.05, 0.1) is 11.1 Å². The van der Waals surface area contributed by atoms with E-state index in [0.29, 0.717) is 11.1 Å². The summed E-state index contributed by atoms with van der Waals surface area (Å²) in [5, 5.41) is 0. The zero-order valence-corrected chi connectivity index (χ0v) is 15.8. The first-order chi connectivity index (χ1) is 11.5. The lowest BCUT2D eigenvalue weighted by Crippen LogP contribution is -2.15. The second kappa shape index (κ2) is 8.21. The maximum absolute atomic E-state index is 12.2. The molecule has 138 valence electrons. The minimum Gasteiger partial charge on any atom is -0.386 e. The molecule has 0 atom stereocenters. The molecule has 0 aliphatic carbocycles. The number of benzene rings is 2. The van der Waals surface area contributed by atoms with Crippen molar-refractivity contribution < 1.29 is 14.3 Å². The average Bonchev–Trinajstić information content (AvgIpc) is 2.53. The Morgan fingerprint density at radius 1 is 0.615 bits per heavy atom. The van der Waals surface area contributed by atoms with Crippen molar-refractivity contribution in [3.05, 3.63) is 70.8 Å². The monoisotopic (exact) mass is 368 g/mol. The standard InChI is InChI=1S/C22H26O3.Al.3H/c1-21(2,3)17-11-7-15(8-12-17)19(23)25-20(24)16-9-13-18(14-10-16)22(4,5)6;;;;/h7-14H,1-6H3;;;;. The number of hydrogen-bond acceptors (Lipinski definition) is 3. The molecule has 0 N–H and O–H groups in total. The molecule has 0 radical (unpaired) electrons. The molecule has 0 bridgehead atoms. The third-order valence-electron chi connectivity index (χ3n) is 4.16. The van der Waals surface area contributed by atoms with Gasteiger partial charge in [-0.3, -0.25) is 0 Å². The third-order valence-corrected chi connectivity index (χ3v) is 4.16. The van der Waals surface area contributed by atoms with E-state index in [1.54, 1.807) is 24.3 Å². The zero-order valence-electron chi connectivity index (χ0n) is 15.8. The fourth-order valence-electron chi connectivity index (χ4n) is 2.41. The van der Waals surface area contributed by atoms with E-state index in [0.717, 1.165) is 11.1 Å². The van der Waals surface area contributed by atoms with Crippen molar-refractivity contribution in [2.75, 3.05) is 0 Å². The lowest BCUT2D eigenvalue weighted by molar-refractivity contribution is 0.0397. The van der Waals surface area contributed by atoms with Gasteiger partial charge in [-0.15, -0.1) is 0 Å². The molecular formula is C22H29AlO3. The first-order valence-electron chi connectivity index (χ1n) is 8.46. The van der Waals surface area contributed by atoms with Crippen LogP contribution in [0.3, 0.4) is 0 Å². The molecule has 3 nitrogen and oxygen atoms in total. The van der Waals surface area contributed by atoms with Crippen LogP contribution in [-0.4, -0.2) is 29.3 Å². The van der Waals surface area contributed by atoms with Crippen LogP contribution in [0, 0.1) is 0 Å². The largest absolute Gasteiger partial charge is 0.386 e. The molecule has 0 aromatic heterocycles. The minimum atomic E-state index is -0.634. The van der Waals surface area contributed by atoms with Gasteiger partial charge >= 0.3 is 11.9 Å². The van der Waals surface area contributed by atoms with Crippen LogP contribution in [0.1, 0.15) is 73.4 Å². The van der Waals surface area contributed by atoms with Crippen LogP contribution in [0.15, 0.2) is 48.5 Å². The Morgan fingerprint density at radius 3 is 1.12 bits per heavy atom. The van der Waals surface area contributed by atoms with Crippen molar-refractivity contribution in [3.63, 3.8) is 0 Å². The molecule has 26 heavy (non-hydrogen) atoms. The quantitative estimate of drug-likeness (QED) is 0.455. The molecule has 0 amide bonds. The Labute approximate surface area is 166 Å². The highest BCUT2D eigenvalue weighted by molar-refractivity contribution is 6.02. The number of ether oxygens (including phenoxy) is 1. The van der Waals surface area contributed by atoms with Gasteiger partial charge in [0, 0.05) is 0 Å². The summed E-state index contributed by atoms with van der Waals surface area (Å²) >= 11 is 0. The van der Waals surface area contributed by atoms with Gasteiger partial charge in [0.15, 0.2) is 17.4 Å². The van der Waals surface area contributed by atoms with Crippen molar-refractivity contribution in [3.8, 4) is 0 Å².